The lowest BCUT2D eigenvalue weighted by molar-refractivity contribution is -0.135. The highest BCUT2D eigenvalue weighted by Gasteiger charge is 2.26. The highest BCUT2D eigenvalue weighted by atomic mass is 32.1. The first-order chi connectivity index (χ1) is 9.92. The summed E-state index contributed by atoms with van der Waals surface area (Å²) in [6, 6.07) is 5.47. The molecule has 0 aliphatic carbocycles. The van der Waals surface area contributed by atoms with Gasteiger partial charge in [-0.25, -0.2) is 0 Å². The van der Waals surface area contributed by atoms with Crippen molar-refractivity contribution in [3.8, 4) is 5.75 Å². The van der Waals surface area contributed by atoms with Crippen molar-refractivity contribution in [3.05, 3.63) is 23.0 Å². The number of para-hydroxylation sites is 1. The number of hydrogen-bond acceptors (Lipinski definition) is 2. The molecule has 7 heteroatoms. The molecule has 0 amide bonds. The highest BCUT2D eigenvalue weighted by Crippen LogP contribution is 2.27. The van der Waals surface area contributed by atoms with Crippen molar-refractivity contribution >= 4 is 23.3 Å². The summed E-state index contributed by atoms with van der Waals surface area (Å²) in [4.78, 5) is 3.02. The number of H-pyrrole nitrogens is 1. The average molecular weight is 318 g/mol. The third-order valence-corrected chi connectivity index (χ3v) is 3.40. The number of nitrogens with zero attached hydrogens (tertiary/aromatic N) is 1. The Labute approximate surface area is 125 Å². The van der Waals surface area contributed by atoms with Crippen LogP contribution in [0.5, 0.6) is 5.75 Å². The van der Waals surface area contributed by atoms with Crippen LogP contribution in [0.1, 0.15) is 26.2 Å². The molecule has 3 nitrogen and oxygen atoms in total. The zero-order chi connectivity index (χ0) is 15.5. The van der Waals surface area contributed by atoms with Crippen LogP contribution in [0.2, 0.25) is 0 Å². The molecule has 2 rings (SSSR count). The predicted molar refractivity (Wildman–Crippen MR) is 78.2 cm³/mol. The Morgan fingerprint density at radius 2 is 2.10 bits per heavy atom. The fourth-order valence-electron chi connectivity index (χ4n) is 2.15. The summed E-state index contributed by atoms with van der Waals surface area (Å²) in [5.41, 5.74) is 1.51. The van der Waals surface area contributed by atoms with Crippen molar-refractivity contribution < 1.29 is 17.9 Å². The summed E-state index contributed by atoms with van der Waals surface area (Å²) in [6.45, 7) is 2.82. The minimum absolute atomic E-state index is 0.00477. The minimum Gasteiger partial charge on any atom is -0.491 e. The maximum absolute atomic E-state index is 12.2. The van der Waals surface area contributed by atoms with Crippen molar-refractivity contribution in [3.63, 3.8) is 0 Å². The number of fused-ring (bicyclic) bond motifs is 1. The van der Waals surface area contributed by atoms with Gasteiger partial charge in [0.2, 0.25) is 0 Å². The average Bonchev–Trinajstić information content (AvgIpc) is 2.72. The fourth-order valence-corrected chi connectivity index (χ4v) is 2.44. The van der Waals surface area contributed by atoms with E-state index >= 15 is 0 Å². The molecule has 2 aromatic rings. The van der Waals surface area contributed by atoms with Crippen LogP contribution in [0.4, 0.5) is 13.2 Å². The molecule has 0 saturated carbocycles. The van der Waals surface area contributed by atoms with E-state index in [4.69, 9.17) is 17.0 Å². The highest BCUT2D eigenvalue weighted by molar-refractivity contribution is 7.71. The molecule has 0 unspecified atom stereocenters. The number of benzene rings is 1. The minimum atomic E-state index is -4.14. The van der Waals surface area contributed by atoms with E-state index in [9.17, 15) is 13.2 Å². The van der Waals surface area contributed by atoms with Crippen LogP contribution >= 0.6 is 12.2 Å². The van der Waals surface area contributed by atoms with Crippen LogP contribution in [-0.4, -0.2) is 22.3 Å². The van der Waals surface area contributed by atoms with Gasteiger partial charge in [-0.3, -0.25) is 0 Å². The van der Waals surface area contributed by atoms with E-state index in [0.29, 0.717) is 17.1 Å². The van der Waals surface area contributed by atoms with Gasteiger partial charge in [-0.15, -0.1) is 0 Å². The van der Waals surface area contributed by atoms with Crippen molar-refractivity contribution in [1.82, 2.24) is 9.55 Å². The number of aromatic amines is 1. The molecule has 21 heavy (non-hydrogen) atoms. The Morgan fingerprint density at radius 1 is 1.33 bits per heavy atom. The Morgan fingerprint density at radius 3 is 2.76 bits per heavy atom. The van der Waals surface area contributed by atoms with Crippen molar-refractivity contribution in [2.24, 2.45) is 0 Å². The van der Waals surface area contributed by atoms with Gasteiger partial charge in [-0.1, -0.05) is 13.0 Å². The molecule has 0 spiro atoms. The Hall–Kier alpha value is -1.50. The normalized spacial score (nSPS) is 12.0. The fraction of sp³-hybridized carbons (Fsp3) is 0.500. The topological polar surface area (TPSA) is 29.9 Å². The summed E-state index contributed by atoms with van der Waals surface area (Å²) >= 11 is 5.20. The third kappa shape index (κ3) is 4.00. The van der Waals surface area contributed by atoms with Crippen LogP contribution in [0.3, 0.4) is 0 Å². The maximum Gasteiger partial charge on any atom is 0.389 e. The van der Waals surface area contributed by atoms with Crippen LogP contribution in [-0.2, 0) is 6.54 Å². The molecule has 0 saturated heterocycles. The van der Waals surface area contributed by atoms with Gasteiger partial charge in [0.1, 0.15) is 11.3 Å². The van der Waals surface area contributed by atoms with Crippen molar-refractivity contribution in [2.45, 2.75) is 38.9 Å². The SMILES string of the molecule is CCCOc1cccc2c1[nH]c(=S)n2CCCC(F)(F)F. The van der Waals surface area contributed by atoms with Crippen LogP contribution in [0.25, 0.3) is 11.0 Å². The summed E-state index contributed by atoms with van der Waals surface area (Å²) in [5.74, 6) is 0.676. The zero-order valence-corrected chi connectivity index (χ0v) is 12.5. The standard InChI is InChI=1S/C14H17F3N2OS/c1-2-9-20-11-6-3-5-10-12(11)18-13(21)19(10)8-4-7-14(15,16)17/h3,5-6H,2,4,7-9H2,1H3,(H,18,21). The molecule has 0 bridgehead atoms. The molecule has 0 fully saturated rings. The van der Waals surface area contributed by atoms with E-state index in [0.717, 1.165) is 17.5 Å². The molecule has 116 valence electrons. The molecule has 0 aliphatic heterocycles. The van der Waals surface area contributed by atoms with Crippen LogP contribution in [0.15, 0.2) is 18.2 Å². The summed E-state index contributed by atoms with van der Waals surface area (Å²) in [5, 5.41) is 0. The number of nitrogens with one attached hydrogen (secondary N) is 1. The summed E-state index contributed by atoms with van der Waals surface area (Å²) in [6.07, 6.45) is -4.06. The smallest absolute Gasteiger partial charge is 0.389 e. The van der Waals surface area contributed by atoms with Crippen LogP contribution in [0, 0.1) is 4.77 Å². The lowest BCUT2D eigenvalue weighted by Crippen LogP contribution is -2.09. The molecule has 1 aromatic heterocycles. The van der Waals surface area contributed by atoms with E-state index < -0.39 is 12.6 Å². The maximum atomic E-state index is 12.2. The second-order valence-electron chi connectivity index (χ2n) is 4.80. The summed E-state index contributed by atoms with van der Waals surface area (Å²) < 4.78 is 44.4. The first-order valence-electron chi connectivity index (χ1n) is 6.83. The first kappa shape index (κ1) is 15.9. The Balaban J connectivity index is 2.24. The Bertz CT molecular complexity index is 660. The van der Waals surface area contributed by atoms with E-state index in [1.807, 2.05) is 25.1 Å². The second kappa shape index (κ2) is 6.51. The number of aryl methyl sites for hydroxylation is 1. The quantitative estimate of drug-likeness (QED) is 0.773. The van der Waals surface area contributed by atoms with Gasteiger partial charge >= 0.3 is 6.18 Å². The molecule has 1 N–H and O–H groups in total. The van der Waals surface area contributed by atoms with Crippen molar-refractivity contribution in [1.29, 1.82) is 0 Å². The van der Waals surface area contributed by atoms with Gasteiger partial charge in [-0.2, -0.15) is 13.2 Å². The largest absolute Gasteiger partial charge is 0.491 e. The molecule has 0 aliphatic rings. The molecule has 1 heterocycles. The first-order valence-corrected chi connectivity index (χ1v) is 7.24. The number of rotatable bonds is 6. The van der Waals surface area contributed by atoms with Gasteiger partial charge in [0.25, 0.3) is 0 Å². The van der Waals surface area contributed by atoms with Gasteiger partial charge in [0.05, 0.1) is 12.1 Å². The van der Waals surface area contributed by atoms with Crippen LogP contribution < -0.4 is 4.74 Å². The number of ether oxygens (including phenoxy) is 1. The third-order valence-electron chi connectivity index (χ3n) is 3.08. The lowest BCUT2D eigenvalue weighted by atomic mass is 10.2. The van der Waals surface area contributed by atoms with E-state index in [2.05, 4.69) is 4.98 Å². The van der Waals surface area contributed by atoms with E-state index in [1.165, 1.54) is 0 Å². The lowest BCUT2D eigenvalue weighted by Gasteiger charge is -2.08. The number of halogens is 3. The predicted octanol–water partition coefficient (Wildman–Crippen LogP) is 4.83. The molecular weight excluding hydrogens is 301 g/mol. The molecule has 0 radical (unpaired) electrons. The number of hydrogen-bond donors (Lipinski definition) is 1. The monoisotopic (exact) mass is 318 g/mol. The number of aromatic nitrogens is 2. The van der Waals surface area contributed by atoms with E-state index in [-0.39, 0.29) is 13.0 Å². The van der Waals surface area contributed by atoms with Gasteiger partial charge in [-0.05, 0) is 37.2 Å². The van der Waals surface area contributed by atoms with E-state index in [1.54, 1.807) is 4.57 Å². The number of alkyl halides is 3. The van der Waals surface area contributed by atoms with Gasteiger partial charge in [0, 0.05) is 13.0 Å². The van der Waals surface area contributed by atoms with Gasteiger partial charge in [0.15, 0.2) is 4.77 Å². The second-order valence-corrected chi connectivity index (χ2v) is 5.19. The molecular formula is C14H17F3N2OS. The van der Waals surface area contributed by atoms with Crippen molar-refractivity contribution in [2.75, 3.05) is 6.61 Å². The Kier molecular flexibility index (Phi) is 4.92. The summed E-state index contributed by atoms with van der Waals surface area (Å²) in [7, 11) is 0. The molecule has 0 atom stereocenters. The zero-order valence-electron chi connectivity index (χ0n) is 11.7. The molecule has 1 aromatic carbocycles. The van der Waals surface area contributed by atoms with Gasteiger partial charge < -0.3 is 14.3 Å². The number of imidazole rings is 1.